The van der Waals surface area contributed by atoms with E-state index in [4.69, 9.17) is 9.47 Å². The average molecular weight is 453 g/mol. The van der Waals surface area contributed by atoms with Gasteiger partial charge >= 0.3 is 0 Å². The van der Waals surface area contributed by atoms with E-state index in [1.807, 2.05) is 74.5 Å². The van der Waals surface area contributed by atoms with E-state index in [1.54, 1.807) is 11.0 Å². The molecule has 172 valence electrons. The highest BCUT2D eigenvalue weighted by Gasteiger charge is 2.24. The second kappa shape index (κ2) is 10.7. The molecule has 0 aromatic heterocycles. The van der Waals surface area contributed by atoms with Gasteiger partial charge in [-0.2, -0.15) is 5.26 Å². The Hall–Kier alpha value is -4.04. The zero-order valence-corrected chi connectivity index (χ0v) is 19.6. The van der Waals surface area contributed by atoms with Crippen molar-refractivity contribution in [1.29, 1.82) is 5.26 Å². The number of amides is 1. The molecule has 4 rings (SSSR count). The molecule has 0 saturated heterocycles. The van der Waals surface area contributed by atoms with Crippen molar-refractivity contribution in [2.75, 3.05) is 24.7 Å². The lowest BCUT2D eigenvalue weighted by molar-refractivity contribution is -0.114. The van der Waals surface area contributed by atoms with Crippen molar-refractivity contribution in [2.45, 2.75) is 26.7 Å². The number of nitriles is 1. The van der Waals surface area contributed by atoms with Crippen LogP contribution in [-0.2, 0) is 11.2 Å². The summed E-state index contributed by atoms with van der Waals surface area (Å²) < 4.78 is 11.6. The van der Waals surface area contributed by atoms with Crippen molar-refractivity contribution in [3.05, 3.63) is 94.6 Å². The Morgan fingerprint density at radius 3 is 2.59 bits per heavy atom. The molecule has 1 amide bonds. The molecule has 0 fully saturated rings. The molecule has 0 atom stereocenters. The van der Waals surface area contributed by atoms with Gasteiger partial charge in [-0.1, -0.05) is 42.5 Å². The minimum Gasteiger partial charge on any atom is -0.490 e. The quantitative estimate of drug-likeness (QED) is 0.264. The number of ether oxygens (including phenoxy) is 2. The van der Waals surface area contributed by atoms with Crippen LogP contribution >= 0.6 is 0 Å². The van der Waals surface area contributed by atoms with Crippen LogP contribution in [0.4, 0.5) is 5.69 Å². The van der Waals surface area contributed by atoms with Crippen LogP contribution in [0.2, 0.25) is 0 Å². The van der Waals surface area contributed by atoms with Crippen molar-refractivity contribution < 1.29 is 14.3 Å². The molecule has 3 aromatic rings. The maximum absolute atomic E-state index is 13.1. The number of carbonyl (C=O) groups excluding carboxylic acids is 1. The van der Waals surface area contributed by atoms with E-state index < -0.39 is 0 Å². The van der Waals surface area contributed by atoms with Crippen molar-refractivity contribution in [2.24, 2.45) is 0 Å². The second-order valence-electron chi connectivity index (χ2n) is 8.39. The van der Waals surface area contributed by atoms with Gasteiger partial charge in [0.1, 0.15) is 36.4 Å². The zero-order valence-electron chi connectivity index (χ0n) is 19.6. The number of fused-ring (bicyclic) bond motifs is 1. The Morgan fingerprint density at radius 1 is 1.03 bits per heavy atom. The first kappa shape index (κ1) is 23.1. The number of aryl methyl sites for hydroxylation is 3. The molecule has 0 unspecified atom stereocenters. The van der Waals surface area contributed by atoms with Crippen LogP contribution in [-0.4, -0.2) is 25.7 Å². The summed E-state index contributed by atoms with van der Waals surface area (Å²) in [6, 6.07) is 23.4. The molecule has 0 bridgehead atoms. The van der Waals surface area contributed by atoms with Gasteiger partial charge in [-0.15, -0.1) is 0 Å². The minimum absolute atomic E-state index is 0.118. The fourth-order valence-corrected chi connectivity index (χ4v) is 4.03. The zero-order chi connectivity index (χ0) is 23.9. The molecule has 0 N–H and O–H groups in total. The van der Waals surface area contributed by atoms with E-state index in [1.165, 1.54) is 0 Å². The van der Waals surface area contributed by atoms with Crippen LogP contribution in [0.5, 0.6) is 11.5 Å². The second-order valence-corrected chi connectivity index (χ2v) is 8.39. The van der Waals surface area contributed by atoms with Crippen LogP contribution in [0, 0.1) is 25.2 Å². The normalized spacial score (nSPS) is 13.1. The highest BCUT2D eigenvalue weighted by molar-refractivity contribution is 6.11. The molecule has 0 radical (unpaired) electrons. The van der Waals surface area contributed by atoms with Crippen molar-refractivity contribution >= 4 is 17.7 Å². The summed E-state index contributed by atoms with van der Waals surface area (Å²) in [5, 5.41) is 9.66. The molecular weight excluding hydrogens is 424 g/mol. The number of benzene rings is 3. The summed E-state index contributed by atoms with van der Waals surface area (Å²) in [4.78, 5) is 14.8. The van der Waals surface area contributed by atoms with Gasteiger partial charge in [0.05, 0.1) is 0 Å². The molecule has 5 nitrogen and oxygen atoms in total. The predicted octanol–water partition coefficient (Wildman–Crippen LogP) is 5.65. The van der Waals surface area contributed by atoms with Crippen molar-refractivity contribution in [3.63, 3.8) is 0 Å². The average Bonchev–Trinajstić information content (AvgIpc) is 2.87. The smallest absolute Gasteiger partial charge is 0.268 e. The molecule has 5 heteroatoms. The van der Waals surface area contributed by atoms with Gasteiger partial charge in [-0.3, -0.25) is 4.79 Å². The number of hydrogen-bond donors (Lipinski definition) is 0. The number of para-hydroxylation sites is 1. The van der Waals surface area contributed by atoms with E-state index in [-0.39, 0.29) is 11.5 Å². The fraction of sp³-hybridized carbons (Fsp3) is 0.241. The topological polar surface area (TPSA) is 62.6 Å². The third kappa shape index (κ3) is 5.47. The maximum Gasteiger partial charge on any atom is 0.268 e. The Bertz CT molecular complexity index is 1240. The highest BCUT2D eigenvalue weighted by atomic mass is 16.5. The number of carbonyl (C=O) groups is 1. The summed E-state index contributed by atoms with van der Waals surface area (Å²) in [5.41, 5.74) is 5.18. The lowest BCUT2D eigenvalue weighted by Gasteiger charge is -2.29. The Labute approximate surface area is 200 Å². The minimum atomic E-state index is -0.265. The van der Waals surface area contributed by atoms with Crippen molar-refractivity contribution in [1.82, 2.24) is 0 Å². The molecular formula is C29H28N2O3. The van der Waals surface area contributed by atoms with Gasteiger partial charge in [0.2, 0.25) is 0 Å². The van der Waals surface area contributed by atoms with E-state index in [9.17, 15) is 10.1 Å². The van der Waals surface area contributed by atoms with Gasteiger partial charge in [-0.05, 0) is 79.3 Å². The Balaban J connectivity index is 1.36. The summed E-state index contributed by atoms with van der Waals surface area (Å²) in [6.07, 6.45) is 3.47. The number of hydrogen-bond acceptors (Lipinski definition) is 4. The molecule has 1 aliphatic heterocycles. The van der Waals surface area contributed by atoms with E-state index in [2.05, 4.69) is 12.1 Å². The molecule has 34 heavy (non-hydrogen) atoms. The third-order valence-electron chi connectivity index (χ3n) is 5.85. The third-order valence-corrected chi connectivity index (χ3v) is 5.85. The summed E-state index contributed by atoms with van der Waals surface area (Å²) >= 11 is 0. The van der Waals surface area contributed by atoms with Gasteiger partial charge in [0, 0.05) is 12.2 Å². The van der Waals surface area contributed by atoms with Gasteiger partial charge < -0.3 is 14.4 Å². The molecule has 3 aromatic carbocycles. The maximum atomic E-state index is 13.1. The SMILES string of the molecule is Cc1ccc(C)c(OCCOc2ccc(/C=C(\C#N)C(=O)N3CCCc4ccccc43)cc2)c1. The van der Waals surface area contributed by atoms with E-state index >= 15 is 0 Å². The van der Waals surface area contributed by atoms with Gasteiger partial charge in [-0.25, -0.2) is 0 Å². The monoisotopic (exact) mass is 452 g/mol. The molecule has 0 aliphatic carbocycles. The number of rotatable bonds is 7. The van der Waals surface area contributed by atoms with E-state index in [0.29, 0.717) is 25.5 Å². The first-order valence-electron chi connectivity index (χ1n) is 11.5. The fourth-order valence-electron chi connectivity index (χ4n) is 4.03. The van der Waals surface area contributed by atoms with Gasteiger partial charge in [0.15, 0.2) is 0 Å². The summed E-state index contributed by atoms with van der Waals surface area (Å²) in [7, 11) is 0. The van der Waals surface area contributed by atoms with Crippen LogP contribution in [0.3, 0.4) is 0 Å². The lowest BCUT2D eigenvalue weighted by Crippen LogP contribution is -2.36. The predicted molar refractivity (Wildman–Crippen MR) is 134 cm³/mol. The summed E-state index contributed by atoms with van der Waals surface area (Å²) in [5.74, 6) is 1.31. The molecule has 1 heterocycles. The number of anilines is 1. The molecule has 0 saturated carbocycles. The summed E-state index contributed by atoms with van der Waals surface area (Å²) in [6.45, 7) is 5.53. The van der Waals surface area contributed by atoms with Crippen molar-refractivity contribution in [3.8, 4) is 17.6 Å². The number of nitrogens with zero attached hydrogens (tertiary/aromatic N) is 2. The van der Waals surface area contributed by atoms with Gasteiger partial charge in [0.25, 0.3) is 5.91 Å². The first-order chi connectivity index (χ1) is 16.5. The molecule has 1 aliphatic rings. The molecule has 0 spiro atoms. The van der Waals surface area contributed by atoms with Crippen LogP contribution in [0.1, 0.15) is 28.7 Å². The van der Waals surface area contributed by atoms with Crippen LogP contribution in [0.15, 0.2) is 72.3 Å². The Kier molecular flexibility index (Phi) is 7.29. The Morgan fingerprint density at radius 2 is 1.79 bits per heavy atom. The largest absolute Gasteiger partial charge is 0.490 e. The van der Waals surface area contributed by atoms with Crippen LogP contribution < -0.4 is 14.4 Å². The highest BCUT2D eigenvalue weighted by Crippen LogP contribution is 2.28. The first-order valence-corrected chi connectivity index (χ1v) is 11.5. The lowest BCUT2D eigenvalue weighted by atomic mass is 10.0. The van der Waals surface area contributed by atoms with E-state index in [0.717, 1.165) is 46.5 Å². The van der Waals surface area contributed by atoms with Crippen LogP contribution in [0.25, 0.3) is 6.08 Å². The standard InChI is InChI=1S/C29H28N2O3/c1-21-9-10-22(2)28(18-21)34-17-16-33-26-13-11-23(12-14-26)19-25(20-30)29(32)31-15-5-7-24-6-3-4-8-27(24)31/h3-4,6,8-14,18-19H,5,7,15-17H2,1-2H3/b25-19+.